The van der Waals surface area contributed by atoms with E-state index >= 15 is 0 Å². The summed E-state index contributed by atoms with van der Waals surface area (Å²) in [5.74, 6) is 0.862. The number of nitrogens with two attached hydrogens (primary N) is 1. The molecule has 0 amide bonds. The van der Waals surface area contributed by atoms with E-state index in [0.717, 1.165) is 16.5 Å². The summed E-state index contributed by atoms with van der Waals surface area (Å²) in [5, 5.41) is 13.5. The fourth-order valence-corrected chi connectivity index (χ4v) is 2.95. The second-order valence-electron chi connectivity index (χ2n) is 6.16. The Morgan fingerprint density at radius 3 is 2.50 bits per heavy atom. The first-order chi connectivity index (χ1) is 11.5. The highest BCUT2D eigenvalue weighted by molar-refractivity contribution is 5.93. The van der Waals surface area contributed by atoms with E-state index in [1.165, 1.54) is 16.7 Å². The number of nitrogen functional groups attached to an aromatic ring is 1. The van der Waals surface area contributed by atoms with Crippen molar-refractivity contribution in [3.8, 4) is 11.1 Å². The van der Waals surface area contributed by atoms with Crippen LogP contribution in [0.4, 0.5) is 11.8 Å². The van der Waals surface area contributed by atoms with Crippen LogP contribution in [-0.2, 0) is 0 Å². The molecule has 0 aliphatic heterocycles. The molecule has 1 atom stereocenters. The molecule has 1 aromatic heterocycles. The van der Waals surface area contributed by atoms with Crippen LogP contribution in [0.5, 0.6) is 0 Å². The third-order valence-electron chi connectivity index (χ3n) is 4.05. The van der Waals surface area contributed by atoms with Gasteiger partial charge in [-0.05, 0) is 55.2 Å². The average Bonchev–Trinajstić information content (AvgIpc) is 2.52. The Bertz CT molecular complexity index is 870. The highest BCUT2D eigenvalue weighted by Crippen LogP contribution is 2.31. The molecule has 5 heteroatoms. The molecule has 24 heavy (non-hydrogen) atoms. The lowest BCUT2D eigenvalue weighted by Crippen LogP contribution is -2.16. The van der Waals surface area contributed by atoms with Crippen molar-refractivity contribution in [3.63, 3.8) is 0 Å². The molecule has 0 radical (unpaired) electrons. The molecule has 1 heterocycles. The summed E-state index contributed by atoms with van der Waals surface area (Å²) in [6, 6.07) is 12.4. The van der Waals surface area contributed by atoms with E-state index in [9.17, 15) is 5.11 Å². The molecule has 0 bridgehead atoms. The van der Waals surface area contributed by atoms with E-state index in [1.807, 2.05) is 12.1 Å². The minimum Gasteiger partial charge on any atom is -0.392 e. The zero-order chi connectivity index (χ0) is 17.3. The largest absolute Gasteiger partial charge is 0.392 e. The summed E-state index contributed by atoms with van der Waals surface area (Å²) in [6.07, 6.45) is -0.467. The summed E-state index contributed by atoms with van der Waals surface area (Å²) in [5.41, 5.74) is 11.4. The van der Waals surface area contributed by atoms with Gasteiger partial charge in [0.15, 0.2) is 0 Å². The van der Waals surface area contributed by atoms with Gasteiger partial charge in [-0.1, -0.05) is 24.3 Å². The molecule has 0 fully saturated rings. The Hall–Kier alpha value is -2.66. The number of nitrogens with zero attached hydrogens (tertiary/aromatic N) is 2. The maximum absolute atomic E-state index is 9.47. The maximum Gasteiger partial charge on any atom is 0.222 e. The fraction of sp³-hybridized carbons (Fsp3) is 0.263. The molecule has 2 aromatic carbocycles. The predicted molar refractivity (Wildman–Crippen MR) is 99.0 cm³/mol. The highest BCUT2D eigenvalue weighted by Gasteiger charge is 2.11. The highest BCUT2D eigenvalue weighted by atomic mass is 16.3. The van der Waals surface area contributed by atoms with Crippen molar-refractivity contribution >= 4 is 22.7 Å². The molecule has 3 aromatic rings. The van der Waals surface area contributed by atoms with Crippen LogP contribution in [-0.4, -0.2) is 27.7 Å². The van der Waals surface area contributed by atoms with Crippen molar-refractivity contribution in [2.75, 3.05) is 17.6 Å². The second kappa shape index (κ2) is 6.45. The molecule has 0 saturated heterocycles. The molecule has 0 aliphatic rings. The van der Waals surface area contributed by atoms with Gasteiger partial charge in [0.05, 0.1) is 11.6 Å². The second-order valence-corrected chi connectivity index (χ2v) is 6.16. The van der Waals surface area contributed by atoms with Gasteiger partial charge in [0.25, 0.3) is 0 Å². The van der Waals surface area contributed by atoms with Crippen LogP contribution >= 0.6 is 0 Å². The molecule has 5 nitrogen and oxygen atoms in total. The summed E-state index contributed by atoms with van der Waals surface area (Å²) in [6.45, 7) is 6.34. The SMILES string of the molecule is Cc1cccc(C)c1-c1ccc2c(NCC(C)O)nc(N)nc2c1. The molecular formula is C19H22N4O. The van der Waals surface area contributed by atoms with Crippen LogP contribution in [0, 0.1) is 13.8 Å². The standard InChI is InChI=1S/C19H22N4O/c1-11-5-4-6-12(2)17(11)14-7-8-15-16(9-14)22-19(20)23-18(15)21-10-13(3)24/h4-9,13,24H,10H2,1-3H3,(H3,20,21,22,23). The molecular weight excluding hydrogens is 300 g/mol. The third kappa shape index (κ3) is 3.16. The smallest absolute Gasteiger partial charge is 0.222 e. The van der Waals surface area contributed by atoms with E-state index in [-0.39, 0.29) is 5.95 Å². The number of aromatic nitrogens is 2. The van der Waals surface area contributed by atoms with Crippen molar-refractivity contribution in [2.45, 2.75) is 26.9 Å². The number of benzene rings is 2. The van der Waals surface area contributed by atoms with Gasteiger partial charge < -0.3 is 16.2 Å². The number of aliphatic hydroxyl groups excluding tert-OH is 1. The molecule has 0 saturated carbocycles. The Morgan fingerprint density at radius 1 is 1.12 bits per heavy atom. The van der Waals surface area contributed by atoms with Crippen LogP contribution in [0.2, 0.25) is 0 Å². The van der Waals surface area contributed by atoms with Gasteiger partial charge in [0.2, 0.25) is 5.95 Å². The number of hydrogen-bond acceptors (Lipinski definition) is 5. The van der Waals surface area contributed by atoms with Gasteiger partial charge in [0.1, 0.15) is 5.82 Å². The number of nitrogens with one attached hydrogen (secondary N) is 1. The molecule has 124 valence electrons. The van der Waals surface area contributed by atoms with Crippen molar-refractivity contribution in [1.82, 2.24) is 9.97 Å². The first-order valence-electron chi connectivity index (χ1n) is 8.01. The monoisotopic (exact) mass is 322 g/mol. The number of anilines is 2. The van der Waals surface area contributed by atoms with Gasteiger partial charge >= 0.3 is 0 Å². The minimum absolute atomic E-state index is 0.217. The van der Waals surface area contributed by atoms with E-state index in [2.05, 4.69) is 53.4 Å². The van der Waals surface area contributed by atoms with Gasteiger partial charge in [-0.15, -0.1) is 0 Å². The number of rotatable bonds is 4. The quantitative estimate of drug-likeness (QED) is 0.686. The van der Waals surface area contributed by atoms with E-state index in [0.29, 0.717) is 12.4 Å². The summed E-state index contributed by atoms with van der Waals surface area (Å²) >= 11 is 0. The number of hydrogen-bond donors (Lipinski definition) is 3. The Kier molecular flexibility index (Phi) is 4.36. The van der Waals surface area contributed by atoms with Crippen molar-refractivity contribution < 1.29 is 5.11 Å². The van der Waals surface area contributed by atoms with Crippen LogP contribution in [0.15, 0.2) is 36.4 Å². The molecule has 0 spiro atoms. The number of aryl methyl sites for hydroxylation is 2. The Morgan fingerprint density at radius 2 is 1.83 bits per heavy atom. The average molecular weight is 322 g/mol. The van der Waals surface area contributed by atoms with E-state index in [1.54, 1.807) is 6.92 Å². The topological polar surface area (TPSA) is 84.1 Å². The zero-order valence-corrected chi connectivity index (χ0v) is 14.2. The van der Waals surface area contributed by atoms with Gasteiger partial charge in [-0.3, -0.25) is 0 Å². The maximum atomic E-state index is 9.47. The van der Waals surface area contributed by atoms with Gasteiger partial charge in [-0.25, -0.2) is 4.98 Å². The number of fused-ring (bicyclic) bond motifs is 1. The van der Waals surface area contributed by atoms with Crippen molar-refractivity contribution in [1.29, 1.82) is 0 Å². The van der Waals surface area contributed by atoms with E-state index < -0.39 is 6.10 Å². The van der Waals surface area contributed by atoms with Gasteiger partial charge in [0, 0.05) is 11.9 Å². The summed E-state index contributed by atoms with van der Waals surface area (Å²) in [4.78, 5) is 8.63. The van der Waals surface area contributed by atoms with E-state index in [4.69, 9.17) is 5.73 Å². The Balaban J connectivity index is 2.12. The third-order valence-corrected chi connectivity index (χ3v) is 4.05. The van der Waals surface area contributed by atoms with Crippen molar-refractivity contribution in [3.05, 3.63) is 47.5 Å². The first kappa shape index (κ1) is 16.2. The molecule has 3 rings (SSSR count). The van der Waals surface area contributed by atoms with Crippen LogP contribution in [0.25, 0.3) is 22.0 Å². The summed E-state index contributed by atoms with van der Waals surface area (Å²) < 4.78 is 0. The first-order valence-corrected chi connectivity index (χ1v) is 8.01. The van der Waals surface area contributed by atoms with Gasteiger partial charge in [-0.2, -0.15) is 4.98 Å². The predicted octanol–water partition coefficient (Wildman–Crippen LogP) is 3.29. The number of aliphatic hydroxyl groups is 1. The normalized spacial score (nSPS) is 12.3. The molecule has 4 N–H and O–H groups in total. The molecule has 1 unspecified atom stereocenters. The van der Waals surface area contributed by atoms with Crippen molar-refractivity contribution in [2.24, 2.45) is 0 Å². The van der Waals surface area contributed by atoms with Crippen LogP contribution in [0.3, 0.4) is 0 Å². The summed E-state index contributed by atoms with van der Waals surface area (Å²) in [7, 11) is 0. The Labute approximate surface area is 141 Å². The lowest BCUT2D eigenvalue weighted by atomic mass is 9.95. The van der Waals surface area contributed by atoms with Crippen LogP contribution in [0.1, 0.15) is 18.1 Å². The minimum atomic E-state index is -0.467. The van der Waals surface area contributed by atoms with Crippen LogP contribution < -0.4 is 11.1 Å². The fourth-order valence-electron chi connectivity index (χ4n) is 2.95. The lowest BCUT2D eigenvalue weighted by molar-refractivity contribution is 0.208. The zero-order valence-electron chi connectivity index (χ0n) is 14.2. The molecule has 0 aliphatic carbocycles. The lowest BCUT2D eigenvalue weighted by Gasteiger charge is -2.13.